The number of nitrogens with two attached hydrogens (primary N) is 1. The van der Waals surface area contributed by atoms with Crippen LogP contribution in [-0.2, 0) is 19.1 Å². The summed E-state index contributed by atoms with van der Waals surface area (Å²) in [6.07, 6.45) is 2.44. The number of hydrogen-bond acceptors (Lipinski definition) is 5. The minimum absolute atomic E-state index is 0.213. The molecule has 0 saturated heterocycles. The van der Waals surface area contributed by atoms with E-state index >= 15 is 0 Å². The number of carbonyl (C=O) groups is 2. The Hall–Kier alpha value is -1.14. The van der Waals surface area contributed by atoms with Crippen molar-refractivity contribution in [3.63, 3.8) is 0 Å². The van der Waals surface area contributed by atoms with Gasteiger partial charge in [0.2, 0.25) is 5.91 Å². The van der Waals surface area contributed by atoms with E-state index in [0.29, 0.717) is 26.0 Å². The Labute approximate surface area is 108 Å². The molecule has 0 aliphatic rings. The monoisotopic (exact) mass is 260 g/mol. The topological polar surface area (TPSA) is 81.9 Å². The van der Waals surface area contributed by atoms with Gasteiger partial charge in [0.25, 0.3) is 0 Å². The van der Waals surface area contributed by atoms with Crippen LogP contribution in [0.2, 0.25) is 0 Å². The molecule has 0 bridgehead atoms. The summed E-state index contributed by atoms with van der Waals surface area (Å²) in [5.41, 5.74) is 5.07. The van der Waals surface area contributed by atoms with Crippen molar-refractivity contribution < 1.29 is 19.1 Å². The second kappa shape index (κ2) is 11.0. The summed E-state index contributed by atoms with van der Waals surface area (Å²) in [5, 5.41) is 0. The van der Waals surface area contributed by atoms with Crippen LogP contribution in [0.15, 0.2) is 0 Å². The third-order valence-corrected chi connectivity index (χ3v) is 2.62. The molecule has 6 nitrogen and oxygen atoms in total. The van der Waals surface area contributed by atoms with E-state index in [4.69, 9.17) is 10.5 Å². The van der Waals surface area contributed by atoms with Gasteiger partial charge in [0.05, 0.1) is 20.1 Å². The van der Waals surface area contributed by atoms with Crippen LogP contribution >= 0.6 is 0 Å². The van der Waals surface area contributed by atoms with E-state index < -0.39 is 0 Å². The highest BCUT2D eigenvalue weighted by Crippen LogP contribution is 2.00. The lowest BCUT2D eigenvalue weighted by Gasteiger charge is -2.21. The van der Waals surface area contributed by atoms with Crippen molar-refractivity contribution in [2.45, 2.75) is 25.7 Å². The molecule has 0 radical (unpaired) electrons. The average Bonchev–Trinajstić information content (AvgIpc) is 2.35. The molecule has 18 heavy (non-hydrogen) atoms. The number of primary amides is 1. The zero-order chi connectivity index (χ0) is 13.8. The van der Waals surface area contributed by atoms with Crippen LogP contribution in [-0.4, -0.2) is 57.2 Å². The van der Waals surface area contributed by atoms with E-state index in [-0.39, 0.29) is 11.9 Å². The molecule has 0 aromatic heterocycles. The third-order valence-electron chi connectivity index (χ3n) is 2.62. The van der Waals surface area contributed by atoms with Crippen molar-refractivity contribution in [3.8, 4) is 0 Å². The maximum absolute atomic E-state index is 11.1. The van der Waals surface area contributed by atoms with Crippen molar-refractivity contribution in [1.29, 1.82) is 0 Å². The van der Waals surface area contributed by atoms with E-state index in [0.717, 1.165) is 25.9 Å². The van der Waals surface area contributed by atoms with Gasteiger partial charge in [0, 0.05) is 26.6 Å². The highest BCUT2D eigenvalue weighted by Gasteiger charge is 2.08. The fourth-order valence-electron chi connectivity index (χ4n) is 1.54. The van der Waals surface area contributed by atoms with Crippen LogP contribution in [0, 0.1) is 0 Å². The number of methoxy groups -OCH3 is 2. The molecule has 0 aliphatic carbocycles. The summed E-state index contributed by atoms with van der Waals surface area (Å²) in [4.78, 5) is 23.8. The molecule has 0 spiro atoms. The number of nitrogens with zero attached hydrogens (tertiary/aromatic N) is 1. The number of ether oxygens (including phenoxy) is 2. The predicted octanol–water partition coefficient (Wildman–Crippen LogP) is 0.154. The number of amides is 1. The minimum atomic E-state index is -0.270. The van der Waals surface area contributed by atoms with E-state index in [9.17, 15) is 9.59 Å². The second-order valence-electron chi connectivity index (χ2n) is 4.08. The van der Waals surface area contributed by atoms with E-state index in [1.54, 1.807) is 7.11 Å². The van der Waals surface area contributed by atoms with Gasteiger partial charge in [-0.1, -0.05) is 0 Å². The van der Waals surface area contributed by atoms with Gasteiger partial charge in [-0.15, -0.1) is 0 Å². The largest absolute Gasteiger partial charge is 0.469 e. The van der Waals surface area contributed by atoms with Gasteiger partial charge in [-0.05, 0) is 19.4 Å². The molecule has 1 amide bonds. The van der Waals surface area contributed by atoms with Crippen LogP contribution in [0.25, 0.3) is 0 Å². The summed E-state index contributed by atoms with van der Waals surface area (Å²) >= 11 is 0. The number of hydrogen-bond donors (Lipinski definition) is 1. The molecule has 0 aromatic rings. The van der Waals surface area contributed by atoms with E-state index in [2.05, 4.69) is 9.64 Å². The Bertz CT molecular complexity index is 246. The molecule has 0 aromatic carbocycles. The summed E-state index contributed by atoms with van der Waals surface area (Å²) in [6.45, 7) is 2.86. The lowest BCUT2D eigenvalue weighted by Crippen LogP contribution is -2.31. The maximum atomic E-state index is 11.1. The maximum Gasteiger partial charge on any atom is 0.306 e. The quantitative estimate of drug-likeness (QED) is 0.422. The van der Waals surface area contributed by atoms with Crippen molar-refractivity contribution in [3.05, 3.63) is 0 Å². The minimum Gasteiger partial charge on any atom is -0.469 e. The van der Waals surface area contributed by atoms with Gasteiger partial charge in [0.15, 0.2) is 0 Å². The summed E-state index contributed by atoms with van der Waals surface area (Å²) in [5.74, 6) is -0.484. The van der Waals surface area contributed by atoms with Crippen molar-refractivity contribution in [1.82, 2.24) is 4.90 Å². The first-order valence-corrected chi connectivity index (χ1v) is 6.16. The third kappa shape index (κ3) is 10.0. The first-order chi connectivity index (χ1) is 8.60. The second-order valence-corrected chi connectivity index (χ2v) is 4.08. The van der Waals surface area contributed by atoms with Gasteiger partial charge >= 0.3 is 5.97 Å². The standard InChI is InChI=1S/C12H24N2O4/c1-17-10-9-14(8-6-12(16)18-2)7-4-3-5-11(13)15/h3-10H2,1-2H3,(H2,13,15). The van der Waals surface area contributed by atoms with Crippen LogP contribution in [0.4, 0.5) is 0 Å². The number of rotatable bonds is 11. The summed E-state index contributed by atoms with van der Waals surface area (Å²) in [6, 6.07) is 0. The van der Waals surface area contributed by atoms with Crippen molar-refractivity contribution in [2.75, 3.05) is 40.5 Å². The SMILES string of the molecule is COCCN(CCCCC(N)=O)CCC(=O)OC. The first-order valence-electron chi connectivity index (χ1n) is 6.16. The van der Waals surface area contributed by atoms with Gasteiger partial charge in [-0.25, -0.2) is 0 Å². The normalized spacial score (nSPS) is 10.6. The van der Waals surface area contributed by atoms with Crippen LogP contribution < -0.4 is 5.73 Å². The average molecular weight is 260 g/mol. The first kappa shape index (κ1) is 16.9. The van der Waals surface area contributed by atoms with Gasteiger partial charge in [0.1, 0.15) is 0 Å². The van der Waals surface area contributed by atoms with E-state index in [1.165, 1.54) is 7.11 Å². The number of unbranched alkanes of at least 4 members (excludes halogenated alkanes) is 1. The van der Waals surface area contributed by atoms with E-state index in [1.807, 2.05) is 0 Å². The highest BCUT2D eigenvalue weighted by molar-refractivity contribution is 5.73. The van der Waals surface area contributed by atoms with Gasteiger partial charge in [-0.2, -0.15) is 0 Å². The molecule has 6 heteroatoms. The zero-order valence-electron chi connectivity index (χ0n) is 11.3. The summed E-state index contributed by atoms with van der Waals surface area (Å²) < 4.78 is 9.62. The molecule has 0 atom stereocenters. The van der Waals surface area contributed by atoms with Crippen molar-refractivity contribution >= 4 is 11.9 Å². The zero-order valence-corrected chi connectivity index (χ0v) is 11.3. The summed E-state index contributed by atoms with van der Waals surface area (Å²) in [7, 11) is 3.03. The molecule has 2 N–H and O–H groups in total. The fourth-order valence-corrected chi connectivity index (χ4v) is 1.54. The molecule has 0 rings (SSSR count). The molecule has 0 unspecified atom stereocenters. The molecule has 0 fully saturated rings. The molecular formula is C12H24N2O4. The molecular weight excluding hydrogens is 236 g/mol. The Morgan fingerprint density at radius 1 is 1.06 bits per heavy atom. The predicted molar refractivity (Wildman–Crippen MR) is 68.0 cm³/mol. The molecule has 0 aliphatic heterocycles. The molecule has 0 saturated carbocycles. The smallest absolute Gasteiger partial charge is 0.306 e. The Morgan fingerprint density at radius 3 is 2.33 bits per heavy atom. The number of carbonyl (C=O) groups excluding carboxylic acids is 2. The van der Waals surface area contributed by atoms with Gasteiger partial charge < -0.3 is 20.1 Å². The lowest BCUT2D eigenvalue weighted by atomic mass is 10.2. The van der Waals surface area contributed by atoms with Crippen LogP contribution in [0.5, 0.6) is 0 Å². The van der Waals surface area contributed by atoms with Crippen LogP contribution in [0.1, 0.15) is 25.7 Å². The lowest BCUT2D eigenvalue weighted by molar-refractivity contribution is -0.141. The highest BCUT2D eigenvalue weighted by atomic mass is 16.5. The fraction of sp³-hybridized carbons (Fsp3) is 0.833. The Balaban J connectivity index is 3.82. The van der Waals surface area contributed by atoms with Crippen LogP contribution in [0.3, 0.4) is 0 Å². The van der Waals surface area contributed by atoms with Crippen molar-refractivity contribution in [2.24, 2.45) is 5.73 Å². The van der Waals surface area contributed by atoms with Gasteiger partial charge in [-0.3, -0.25) is 9.59 Å². The molecule has 106 valence electrons. The Kier molecular flexibility index (Phi) is 10.3. The Morgan fingerprint density at radius 2 is 1.78 bits per heavy atom. The number of esters is 1. The molecule has 0 heterocycles.